The van der Waals surface area contributed by atoms with Crippen LogP contribution >= 0.6 is 11.6 Å². The molecule has 0 bridgehead atoms. The molecule has 3 nitrogen and oxygen atoms in total. The molecule has 1 aliphatic rings. The number of halogens is 1. The molecule has 0 unspecified atom stereocenters. The van der Waals surface area contributed by atoms with Gasteiger partial charge in [0.15, 0.2) is 0 Å². The molecule has 0 saturated heterocycles. The van der Waals surface area contributed by atoms with E-state index in [0.717, 1.165) is 47.5 Å². The van der Waals surface area contributed by atoms with E-state index in [2.05, 4.69) is 10.3 Å². The maximum atomic E-state index is 6.35. The summed E-state index contributed by atoms with van der Waals surface area (Å²) in [6, 6.07) is 7.72. The number of nitrogens with one attached hydrogen (secondary N) is 1. The fourth-order valence-electron chi connectivity index (χ4n) is 2.75. The number of rotatable bonds is 5. The van der Waals surface area contributed by atoms with Crippen molar-refractivity contribution in [2.24, 2.45) is 0 Å². The molecule has 4 heteroatoms. The van der Waals surface area contributed by atoms with Crippen LogP contribution in [-0.4, -0.2) is 24.2 Å². The summed E-state index contributed by atoms with van der Waals surface area (Å²) in [5.74, 6) is 0.848. The molecule has 1 aromatic carbocycles. The van der Waals surface area contributed by atoms with E-state index in [-0.39, 0.29) is 5.60 Å². The number of hydrogen-bond donors (Lipinski definition) is 1. The Hall–Kier alpha value is -1.32. The molecule has 0 radical (unpaired) electrons. The van der Waals surface area contributed by atoms with Gasteiger partial charge in [-0.1, -0.05) is 11.6 Å². The van der Waals surface area contributed by atoms with Gasteiger partial charge in [-0.25, -0.2) is 0 Å². The van der Waals surface area contributed by atoms with Gasteiger partial charge in [-0.05, 0) is 63.5 Å². The van der Waals surface area contributed by atoms with Crippen molar-refractivity contribution >= 4 is 22.5 Å². The molecular weight excluding hydrogens is 272 g/mol. The second kappa shape index (κ2) is 5.58. The zero-order valence-corrected chi connectivity index (χ0v) is 12.4. The second-order valence-corrected chi connectivity index (χ2v) is 5.84. The van der Waals surface area contributed by atoms with E-state index in [4.69, 9.17) is 16.3 Å². The van der Waals surface area contributed by atoms with Crippen LogP contribution in [0.25, 0.3) is 10.9 Å². The highest BCUT2D eigenvalue weighted by Gasteiger charge is 2.39. The zero-order valence-electron chi connectivity index (χ0n) is 11.7. The monoisotopic (exact) mass is 290 g/mol. The van der Waals surface area contributed by atoms with Gasteiger partial charge in [-0.15, -0.1) is 0 Å². The fourth-order valence-corrected chi connectivity index (χ4v) is 2.97. The third-order valence-electron chi connectivity index (χ3n) is 4.10. The van der Waals surface area contributed by atoms with E-state index in [1.807, 2.05) is 31.3 Å². The Morgan fingerprint density at radius 3 is 2.90 bits per heavy atom. The van der Waals surface area contributed by atoms with Gasteiger partial charge >= 0.3 is 0 Å². The summed E-state index contributed by atoms with van der Waals surface area (Å²) >= 11 is 6.23. The number of hydrogen-bond acceptors (Lipinski definition) is 3. The Labute approximate surface area is 124 Å². The highest BCUT2D eigenvalue weighted by atomic mass is 35.5. The summed E-state index contributed by atoms with van der Waals surface area (Å²) in [5.41, 5.74) is 0.831. The van der Waals surface area contributed by atoms with Crippen molar-refractivity contribution in [1.82, 2.24) is 10.3 Å². The first-order chi connectivity index (χ1) is 9.74. The minimum Gasteiger partial charge on any atom is -0.485 e. The van der Waals surface area contributed by atoms with Gasteiger partial charge in [0, 0.05) is 11.6 Å². The van der Waals surface area contributed by atoms with E-state index in [0.29, 0.717) is 0 Å². The van der Waals surface area contributed by atoms with Gasteiger partial charge < -0.3 is 10.1 Å². The van der Waals surface area contributed by atoms with Crippen molar-refractivity contribution in [3.63, 3.8) is 0 Å². The number of benzene rings is 1. The first-order valence-electron chi connectivity index (χ1n) is 7.11. The Kier molecular flexibility index (Phi) is 3.81. The first kappa shape index (κ1) is 13.7. The third-order valence-corrected chi connectivity index (χ3v) is 4.43. The van der Waals surface area contributed by atoms with Crippen LogP contribution in [0.5, 0.6) is 5.75 Å². The van der Waals surface area contributed by atoms with Gasteiger partial charge in [-0.2, -0.15) is 0 Å². The normalized spacial score (nSPS) is 16.9. The van der Waals surface area contributed by atoms with Crippen molar-refractivity contribution in [3.8, 4) is 5.75 Å². The molecule has 1 N–H and O–H groups in total. The summed E-state index contributed by atoms with van der Waals surface area (Å²) < 4.78 is 6.35. The van der Waals surface area contributed by atoms with Crippen LogP contribution in [0.2, 0.25) is 5.02 Å². The van der Waals surface area contributed by atoms with Gasteiger partial charge in [-0.3, -0.25) is 4.98 Å². The number of nitrogens with zero attached hydrogens (tertiary/aromatic N) is 1. The summed E-state index contributed by atoms with van der Waals surface area (Å²) in [5, 5.41) is 4.88. The number of ether oxygens (including phenoxy) is 1. The van der Waals surface area contributed by atoms with Crippen LogP contribution in [0.3, 0.4) is 0 Å². The molecule has 0 atom stereocenters. The smallest absolute Gasteiger partial charge is 0.146 e. The topological polar surface area (TPSA) is 34.1 Å². The largest absolute Gasteiger partial charge is 0.485 e. The molecule has 0 aliphatic heterocycles. The minimum absolute atomic E-state index is 0.0265. The highest BCUT2D eigenvalue weighted by Crippen LogP contribution is 2.41. The van der Waals surface area contributed by atoms with Crippen molar-refractivity contribution in [2.45, 2.75) is 31.3 Å². The van der Waals surface area contributed by atoms with E-state index in [1.54, 1.807) is 6.20 Å². The second-order valence-electron chi connectivity index (χ2n) is 5.44. The predicted molar refractivity (Wildman–Crippen MR) is 82.5 cm³/mol. The number of aromatic nitrogens is 1. The van der Waals surface area contributed by atoms with Crippen molar-refractivity contribution in [2.75, 3.05) is 13.6 Å². The van der Waals surface area contributed by atoms with E-state index < -0.39 is 0 Å². The highest BCUT2D eigenvalue weighted by molar-refractivity contribution is 6.35. The van der Waals surface area contributed by atoms with Crippen molar-refractivity contribution in [3.05, 3.63) is 35.5 Å². The maximum absolute atomic E-state index is 6.35. The van der Waals surface area contributed by atoms with Crippen LogP contribution in [-0.2, 0) is 0 Å². The van der Waals surface area contributed by atoms with E-state index >= 15 is 0 Å². The van der Waals surface area contributed by atoms with Gasteiger partial charge in [0.05, 0.1) is 5.02 Å². The van der Waals surface area contributed by atoms with E-state index in [9.17, 15) is 0 Å². The molecule has 1 fully saturated rings. The molecule has 1 aromatic heterocycles. The average molecular weight is 291 g/mol. The Morgan fingerprint density at radius 2 is 2.20 bits per heavy atom. The molecular formula is C16H19ClN2O. The first-order valence-corrected chi connectivity index (χ1v) is 7.49. The zero-order chi connectivity index (χ0) is 14.0. The summed E-state index contributed by atoms with van der Waals surface area (Å²) in [6.07, 6.45) is 6.28. The lowest BCUT2D eigenvalue weighted by Crippen LogP contribution is -2.45. The quantitative estimate of drug-likeness (QED) is 0.909. The predicted octanol–water partition coefficient (Wildman–Crippen LogP) is 3.80. The lowest BCUT2D eigenvalue weighted by molar-refractivity contribution is -0.0127. The molecule has 0 spiro atoms. The molecule has 2 aromatic rings. The Morgan fingerprint density at radius 1 is 1.35 bits per heavy atom. The fraction of sp³-hybridized carbons (Fsp3) is 0.438. The molecule has 1 saturated carbocycles. The lowest BCUT2D eigenvalue weighted by Gasteiger charge is -2.42. The summed E-state index contributed by atoms with van der Waals surface area (Å²) in [7, 11) is 1.98. The third kappa shape index (κ3) is 2.48. The minimum atomic E-state index is -0.0265. The maximum Gasteiger partial charge on any atom is 0.146 e. The van der Waals surface area contributed by atoms with E-state index in [1.165, 1.54) is 6.42 Å². The van der Waals surface area contributed by atoms with Gasteiger partial charge in [0.25, 0.3) is 0 Å². The molecule has 20 heavy (non-hydrogen) atoms. The standard InChI is InChI=1S/C16H19ClN2O/c1-18-11-9-16(7-3-8-16)20-14-6-5-13(17)12-4-2-10-19-15(12)14/h2,4-6,10,18H,3,7-9,11H2,1H3. The number of pyridine rings is 1. The average Bonchev–Trinajstić information content (AvgIpc) is 2.44. The lowest BCUT2D eigenvalue weighted by atomic mass is 9.77. The number of fused-ring (bicyclic) bond motifs is 1. The van der Waals surface area contributed by atoms with Gasteiger partial charge in [0.1, 0.15) is 16.9 Å². The summed E-state index contributed by atoms with van der Waals surface area (Å²) in [4.78, 5) is 4.44. The van der Waals surface area contributed by atoms with Crippen LogP contribution in [0.1, 0.15) is 25.7 Å². The van der Waals surface area contributed by atoms with Gasteiger partial charge in [0.2, 0.25) is 0 Å². The molecule has 0 amide bonds. The van der Waals surface area contributed by atoms with Crippen LogP contribution in [0.15, 0.2) is 30.5 Å². The molecule has 1 heterocycles. The van der Waals surface area contributed by atoms with Crippen LogP contribution < -0.4 is 10.1 Å². The molecule has 3 rings (SSSR count). The Bertz CT molecular complexity index is 610. The summed E-state index contributed by atoms with van der Waals surface area (Å²) in [6.45, 7) is 0.971. The molecule has 1 aliphatic carbocycles. The van der Waals surface area contributed by atoms with Crippen LogP contribution in [0.4, 0.5) is 0 Å². The Balaban J connectivity index is 1.92. The SMILES string of the molecule is CNCCC1(Oc2ccc(Cl)c3cccnc23)CCC1. The van der Waals surface area contributed by atoms with Crippen molar-refractivity contribution in [1.29, 1.82) is 0 Å². The van der Waals surface area contributed by atoms with Crippen molar-refractivity contribution < 1.29 is 4.74 Å². The van der Waals surface area contributed by atoms with Crippen LogP contribution in [0, 0.1) is 0 Å². The molecule has 106 valence electrons.